The number of nitrogens with one attached hydrogen (secondary N) is 1. The molecular formula is C23H20F2N2O. The van der Waals surface area contributed by atoms with Crippen LogP contribution in [-0.2, 0) is 12.8 Å². The Hall–Kier alpha value is -3.08. The van der Waals surface area contributed by atoms with Crippen molar-refractivity contribution in [3.8, 4) is 11.1 Å². The molecule has 142 valence electrons. The SMILES string of the molecule is Cc1ccccc1C(=O)Nc1ccc(-c2cc3c(cc2C)CC(F)(F)C3)cn1. The number of hydrogen-bond donors (Lipinski definition) is 1. The van der Waals surface area contributed by atoms with Crippen molar-refractivity contribution in [1.29, 1.82) is 0 Å². The summed E-state index contributed by atoms with van der Waals surface area (Å²) < 4.78 is 27.4. The summed E-state index contributed by atoms with van der Waals surface area (Å²) in [6.45, 7) is 3.80. The van der Waals surface area contributed by atoms with Gasteiger partial charge in [-0.05, 0) is 59.9 Å². The average Bonchev–Trinajstić information content (AvgIpc) is 2.95. The Bertz CT molecular complexity index is 1060. The van der Waals surface area contributed by atoms with Gasteiger partial charge in [0.25, 0.3) is 11.8 Å². The van der Waals surface area contributed by atoms with Gasteiger partial charge in [0.15, 0.2) is 0 Å². The number of alkyl halides is 2. The Morgan fingerprint density at radius 1 is 1.00 bits per heavy atom. The van der Waals surface area contributed by atoms with E-state index >= 15 is 0 Å². The van der Waals surface area contributed by atoms with Crippen molar-refractivity contribution in [3.05, 3.63) is 82.5 Å². The smallest absolute Gasteiger partial charge is 0.257 e. The van der Waals surface area contributed by atoms with Gasteiger partial charge in [0.2, 0.25) is 0 Å². The molecule has 0 fully saturated rings. The number of carbonyl (C=O) groups is 1. The summed E-state index contributed by atoms with van der Waals surface area (Å²) in [6, 6.07) is 14.6. The van der Waals surface area contributed by atoms with Crippen LogP contribution in [0.15, 0.2) is 54.7 Å². The van der Waals surface area contributed by atoms with Crippen molar-refractivity contribution in [1.82, 2.24) is 4.98 Å². The molecule has 1 aromatic heterocycles. The van der Waals surface area contributed by atoms with Crippen LogP contribution in [0.1, 0.15) is 32.6 Å². The van der Waals surface area contributed by atoms with E-state index in [0.717, 1.165) is 27.8 Å². The maximum absolute atomic E-state index is 13.7. The number of fused-ring (bicyclic) bond motifs is 1. The van der Waals surface area contributed by atoms with E-state index in [2.05, 4.69) is 10.3 Å². The Kier molecular flexibility index (Phi) is 4.46. The molecule has 3 nitrogen and oxygen atoms in total. The summed E-state index contributed by atoms with van der Waals surface area (Å²) >= 11 is 0. The summed E-state index contributed by atoms with van der Waals surface area (Å²) in [5.41, 5.74) is 5.58. The quantitative estimate of drug-likeness (QED) is 0.667. The van der Waals surface area contributed by atoms with Crippen molar-refractivity contribution in [2.75, 3.05) is 5.32 Å². The van der Waals surface area contributed by atoms with E-state index in [1.165, 1.54) is 0 Å². The first-order chi connectivity index (χ1) is 13.3. The van der Waals surface area contributed by atoms with Crippen LogP contribution < -0.4 is 5.32 Å². The predicted molar refractivity (Wildman–Crippen MR) is 106 cm³/mol. The zero-order valence-corrected chi connectivity index (χ0v) is 15.7. The second-order valence-electron chi connectivity index (χ2n) is 7.35. The zero-order valence-electron chi connectivity index (χ0n) is 15.7. The van der Waals surface area contributed by atoms with E-state index in [0.29, 0.717) is 16.9 Å². The van der Waals surface area contributed by atoms with Crippen molar-refractivity contribution in [3.63, 3.8) is 0 Å². The van der Waals surface area contributed by atoms with Crippen LogP contribution in [0, 0.1) is 13.8 Å². The number of rotatable bonds is 3. The molecule has 1 aliphatic rings. The van der Waals surface area contributed by atoms with Gasteiger partial charge in [0.05, 0.1) is 0 Å². The number of carbonyl (C=O) groups excluding carboxylic acids is 1. The van der Waals surface area contributed by atoms with Crippen LogP contribution in [-0.4, -0.2) is 16.8 Å². The topological polar surface area (TPSA) is 42.0 Å². The zero-order chi connectivity index (χ0) is 19.9. The molecule has 0 spiro atoms. The van der Waals surface area contributed by atoms with Gasteiger partial charge in [-0.1, -0.05) is 30.3 Å². The van der Waals surface area contributed by atoms with Crippen molar-refractivity contribution in [2.45, 2.75) is 32.6 Å². The number of pyridine rings is 1. The molecule has 1 N–H and O–H groups in total. The Morgan fingerprint density at radius 3 is 2.39 bits per heavy atom. The van der Waals surface area contributed by atoms with Crippen molar-refractivity contribution < 1.29 is 13.6 Å². The predicted octanol–water partition coefficient (Wildman–Crippen LogP) is 5.35. The molecular weight excluding hydrogens is 358 g/mol. The molecule has 0 aliphatic heterocycles. The lowest BCUT2D eigenvalue weighted by atomic mass is 9.96. The normalized spacial score (nSPS) is 14.6. The molecule has 0 bridgehead atoms. The van der Waals surface area contributed by atoms with Gasteiger partial charge in [-0.25, -0.2) is 13.8 Å². The molecule has 3 aromatic rings. The standard InChI is InChI=1S/C23H20F2N2O/c1-14-5-3-4-6-19(14)22(28)27-21-8-7-16(13-26-21)20-10-18-12-23(24,25)11-17(18)9-15(20)2/h3-10,13H,11-12H2,1-2H3,(H,26,27,28). The van der Waals surface area contributed by atoms with Gasteiger partial charge in [-0.15, -0.1) is 0 Å². The highest BCUT2D eigenvalue weighted by Crippen LogP contribution is 2.38. The number of aryl methyl sites for hydroxylation is 2. The van der Waals surface area contributed by atoms with E-state index in [9.17, 15) is 13.6 Å². The first-order valence-corrected chi connectivity index (χ1v) is 9.16. The largest absolute Gasteiger partial charge is 0.307 e. The van der Waals surface area contributed by atoms with E-state index in [1.807, 2.05) is 50.2 Å². The first-order valence-electron chi connectivity index (χ1n) is 9.16. The van der Waals surface area contributed by atoms with Crippen LogP contribution in [0.5, 0.6) is 0 Å². The molecule has 5 heteroatoms. The minimum Gasteiger partial charge on any atom is -0.307 e. The fourth-order valence-corrected chi connectivity index (χ4v) is 3.71. The highest BCUT2D eigenvalue weighted by atomic mass is 19.3. The maximum Gasteiger partial charge on any atom is 0.257 e. The second-order valence-corrected chi connectivity index (χ2v) is 7.35. The number of amides is 1. The van der Waals surface area contributed by atoms with E-state index in [1.54, 1.807) is 18.3 Å². The molecule has 1 aliphatic carbocycles. The summed E-state index contributed by atoms with van der Waals surface area (Å²) in [6.07, 6.45) is 1.26. The fraction of sp³-hybridized carbons (Fsp3) is 0.217. The first kappa shape index (κ1) is 18.3. The van der Waals surface area contributed by atoms with Crippen LogP contribution in [0.4, 0.5) is 14.6 Å². The van der Waals surface area contributed by atoms with E-state index < -0.39 is 5.92 Å². The van der Waals surface area contributed by atoms with Gasteiger partial charge in [0.1, 0.15) is 5.82 Å². The highest BCUT2D eigenvalue weighted by molar-refractivity contribution is 6.04. The molecule has 28 heavy (non-hydrogen) atoms. The average molecular weight is 378 g/mol. The molecule has 1 heterocycles. The van der Waals surface area contributed by atoms with Crippen LogP contribution >= 0.6 is 0 Å². The molecule has 4 rings (SSSR count). The maximum atomic E-state index is 13.7. The molecule has 1 amide bonds. The monoisotopic (exact) mass is 378 g/mol. The number of nitrogens with zero attached hydrogens (tertiary/aromatic N) is 1. The van der Waals surface area contributed by atoms with Gasteiger partial charge >= 0.3 is 0 Å². The molecule has 2 aromatic carbocycles. The van der Waals surface area contributed by atoms with E-state index in [4.69, 9.17) is 0 Å². The lowest BCUT2D eigenvalue weighted by molar-refractivity contribution is 0.0130. The van der Waals surface area contributed by atoms with E-state index in [-0.39, 0.29) is 18.7 Å². The third-order valence-corrected chi connectivity index (χ3v) is 5.15. The minimum absolute atomic E-state index is 0.189. The molecule has 0 unspecified atom stereocenters. The second kappa shape index (κ2) is 6.82. The summed E-state index contributed by atoms with van der Waals surface area (Å²) in [4.78, 5) is 16.7. The third kappa shape index (κ3) is 3.52. The lowest BCUT2D eigenvalue weighted by Gasteiger charge is -2.11. The Labute approximate surface area is 162 Å². The summed E-state index contributed by atoms with van der Waals surface area (Å²) in [5.74, 6) is -2.42. The lowest BCUT2D eigenvalue weighted by Crippen LogP contribution is -2.14. The van der Waals surface area contributed by atoms with Gasteiger partial charge in [-0.3, -0.25) is 4.79 Å². The van der Waals surface area contributed by atoms with Gasteiger partial charge in [0, 0.05) is 30.2 Å². The third-order valence-electron chi connectivity index (χ3n) is 5.15. The van der Waals surface area contributed by atoms with Crippen LogP contribution in [0.25, 0.3) is 11.1 Å². The van der Waals surface area contributed by atoms with Crippen molar-refractivity contribution >= 4 is 11.7 Å². The summed E-state index contributed by atoms with van der Waals surface area (Å²) in [7, 11) is 0. The van der Waals surface area contributed by atoms with Crippen LogP contribution in [0.2, 0.25) is 0 Å². The van der Waals surface area contributed by atoms with Crippen LogP contribution in [0.3, 0.4) is 0 Å². The number of benzene rings is 2. The highest BCUT2D eigenvalue weighted by Gasteiger charge is 2.37. The Morgan fingerprint density at radius 2 is 1.71 bits per heavy atom. The van der Waals surface area contributed by atoms with Gasteiger partial charge < -0.3 is 5.32 Å². The number of hydrogen-bond acceptors (Lipinski definition) is 2. The van der Waals surface area contributed by atoms with Gasteiger partial charge in [-0.2, -0.15) is 0 Å². The van der Waals surface area contributed by atoms with Crippen molar-refractivity contribution in [2.24, 2.45) is 0 Å². The molecule has 0 saturated carbocycles. The number of anilines is 1. The molecule has 0 atom stereocenters. The molecule has 0 radical (unpaired) electrons. The summed E-state index contributed by atoms with van der Waals surface area (Å²) in [5, 5.41) is 2.80. The minimum atomic E-state index is -2.66. The Balaban J connectivity index is 1.56. The number of aromatic nitrogens is 1. The molecule has 0 saturated heterocycles. The fourth-order valence-electron chi connectivity index (χ4n) is 3.71. The number of halogens is 2.